The molecule has 2 aliphatic heterocycles. The number of hydrogen-bond donors (Lipinski definition) is 0. The highest BCUT2D eigenvalue weighted by molar-refractivity contribution is 9.10. The fourth-order valence-electron chi connectivity index (χ4n) is 3.56. The highest BCUT2D eigenvalue weighted by Gasteiger charge is 2.47. The highest BCUT2D eigenvalue weighted by Crippen LogP contribution is 2.32. The monoisotopic (exact) mass is 388 g/mol. The van der Waals surface area contributed by atoms with Gasteiger partial charge < -0.3 is 9.80 Å². The Balaban J connectivity index is 1.70. The number of piperazine rings is 1. The first-order valence-corrected chi connectivity index (χ1v) is 8.81. The minimum absolute atomic E-state index is 0.0910. The largest absolute Gasteiger partial charge is 0.367 e. The van der Waals surface area contributed by atoms with Crippen molar-refractivity contribution in [2.75, 3.05) is 31.1 Å². The summed E-state index contributed by atoms with van der Waals surface area (Å²) in [6.07, 6.45) is 1.79. The van der Waals surface area contributed by atoms with Gasteiger partial charge in [0.15, 0.2) is 0 Å². The molecular formula is C17H17BrN4O2. The van der Waals surface area contributed by atoms with Crippen molar-refractivity contribution < 1.29 is 9.59 Å². The first kappa shape index (κ1) is 15.4. The minimum atomic E-state index is -0.387. The number of halogens is 1. The van der Waals surface area contributed by atoms with Crippen molar-refractivity contribution in [1.29, 1.82) is 0 Å². The zero-order chi connectivity index (χ0) is 16.8. The summed E-state index contributed by atoms with van der Waals surface area (Å²) in [7, 11) is 0. The van der Waals surface area contributed by atoms with Crippen LogP contribution in [-0.4, -0.2) is 58.9 Å². The lowest BCUT2D eigenvalue weighted by Gasteiger charge is -2.37. The summed E-state index contributed by atoms with van der Waals surface area (Å²) in [5.41, 5.74) is 1.96. The van der Waals surface area contributed by atoms with Crippen LogP contribution >= 0.6 is 15.9 Å². The summed E-state index contributed by atoms with van der Waals surface area (Å²) in [5.74, 6) is -0.0910. The maximum atomic E-state index is 12.5. The third-order valence-corrected chi connectivity index (χ3v) is 5.40. The van der Waals surface area contributed by atoms with Crippen LogP contribution in [0.15, 0.2) is 34.9 Å². The van der Waals surface area contributed by atoms with Gasteiger partial charge in [-0.3, -0.25) is 14.7 Å². The second-order valence-corrected chi connectivity index (χ2v) is 6.84. The molecule has 0 spiro atoms. The van der Waals surface area contributed by atoms with Crippen LogP contribution in [-0.2, 0) is 4.79 Å². The molecule has 0 aliphatic carbocycles. The molecule has 3 amide bonds. The Hall–Kier alpha value is -2.15. The Bertz CT molecular complexity index is 840. The number of carbonyl (C=O) groups is 2. The van der Waals surface area contributed by atoms with Crippen molar-refractivity contribution in [3.05, 3.63) is 34.9 Å². The van der Waals surface area contributed by atoms with Crippen molar-refractivity contribution >= 4 is 44.5 Å². The topological polar surface area (TPSA) is 56.8 Å². The maximum Gasteiger partial charge on any atom is 0.327 e. The molecule has 24 heavy (non-hydrogen) atoms. The Morgan fingerprint density at radius 1 is 1.25 bits per heavy atom. The van der Waals surface area contributed by atoms with Crippen LogP contribution in [0.25, 0.3) is 10.9 Å². The molecule has 0 bridgehead atoms. The lowest BCUT2D eigenvalue weighted by atomic mass is 10.1. The summed E-state index contributed by atoms with van der Waals surface area (Å²) in [6, 6.07) is 7.42. The smallest absolute Gasteiger partial charge is 0.327 e. The number of carbonyl (C=O) groups excluding carboxylic acids is 2. The predicted octanol–water partition coefficient (Wildman–Crippen LogP) is 2.47. The van der Waals surface area contributed by atoms with E-state index in [-0.39, 0.29) is 18.0 Å². The molecule has 7 heteroatoms. The van der Waals surface area contributed by atoms with Gasteiger partial charge in [-0.1, -0.05) is 12.1 Å². The molecule has 1 atom stereocenters. The number of benzene rings is 1. The van der Waals surface area contributed by atoms with Crippen LogP contribution in [0.1, 0.15) is 6.92 Å². The molecule has 4 rings (SSSR count). The highest BCUT2D eigenvalue weighted by atomic mass is 79.9. The lowest BCUT2D eigenvalue weighted by molar-refractivity contribution is -0.128. The summed E-state index contributed by atoms with van der Waals surface area (Å²) >= 11 is 3.54. The van der Waals surface area contributed by atoms with E-state index in [1.54, 1.807) is 11.1 Å². The second-order valence-electron chi connectivity index (χ2n) is 5.99. The molecule has 1 unspecified atom stereocenters. The van der Waals surface area contributed by atoms with Crippen LogP contribution < -0.4 is 4.90 Å². The van der Waals surface area contributed by atoms with Gasteiger partial charge in [-0.2, -0.15) is 0 Å². The van der Waals surface area contributed by atoms with Gasteiger partial charge in [-0.05, 0) is 35.0 Å². The van der Waals surface area contributed by atoms with Gasteiger partial charge in [0.2, 0.25) is 0 Å². The second kappa shape index (κ2) is 5.73. The Morgan fingerprint density at radius 2 is 2.08 bits per heavy atom. The van der Waals surface area contributed by atoms with Crippen molar-refractivity contribution in [2.45, 2.75) is 13.0 Å². The zero-order valence-corrected chi connectivity index (χ0v) is 14.9. The molecule has 6 nitrogen and oxygen atoms in total. The van der Waals surface area contributed by atoms with Gasteiger partial charge in [-0.15, -0.1) is 0 Å². The molecule has 2 aromatic rings. The number of imide groups is 1. The molecule has 2 saturated heterocycles. The number of rotatable bonds is 2. The molecule has 2 fully saturated rings. The summed E-state index contributed by atoms with van der Waals surface area (Å²) in [6.45, 7) is 4.05. The molecular weight excluding hydrogens is 372 g/mol. The number of pyridine rings is 1. The molecule has 124 valence electrons. The average Bonchev–Trinajstić information content (AvgIpc) is 2.85. The molecule has 2 aliphatic rings. The predicted molar refractivity (Wildman–Crippen MR) is 94.9 cm³/mol. The van der Waals surface area contributed by atoms with Gasteiger partial charge in [-0.25, -0.2) is 4.79 Å². The molecule has 1 aromatic carbocycles. The fourth-order valence-corrected chi connectivity index (χ4v) is 4.03. The van der Waals surface area contributed by atoms with Crippen molar-refractivity contribution in [2.24, 2.45) is 0 Å². The number of para-hydroxylation sites is 1. The fraction of sp³-hybridized carbons (Fsp3) is 0.353. The number of aromatic nitrogens is 1. The standard InChI is InChI=1S/C17H17BrN4O2/c1-2-21-16(23)14-10-20(8-9-22(14)17(21)24)13-6-7-19-15-11(13)4-3-5-12(15)18/h3-7,14H,2,8-10H2,1H3. The Morgan fingerprint density at radius 3 is 2.88 bits per heavy atom. The maximum absolute atomic E-state index is 12.5. The van der Waals surface area contributed by atoms with E-state index < -0.39 is 0 Å². The number of amides is 3. The number of likely N-dealkylation sites (N-methyl/N-ethyl adjacent to an activating group) is 1. The normalized spacial score (nSPS) is 20.9. The van der Waals surface area contributed by atoms with Crippen molar-refractivity contribution in [1.82, 2.24) is 14.8 Å². The van der Waals surface area contributed by atoms with Crippen LogP contribution in [0.4, 0.5) is 10.5 Å². The first-order valence-electron chi connectivity index (χ1n) is 8.02. The zero-order valence-electron chi connectivity index (χ0n) is 13.3. The van der Waals surface area contributed by atoms with Gasteiger partial charge in [0.05, 0.1) is 5.52 Å². The van der Waals surface area contributed by atoms with Crippen molar-refractivity contribution in [3.63, 3.8) is 0 Å². The molecule has 0 radical (unpaired) electrons. The Kier molecular flexibility index (Phi) is 3.68. The average molecular weight is 389 g/mol. The minimum Gasteiger partial charge on any atom is -0.367 e. The number of urea groups is 1. The van der Waals surface area contributed by atoms with E-state index in [4.69, 9.17) is 0 Å². The van der Waals surface area contributed by atoms with Crippen LogP contribution in [0.3, 0.4) is 0 Å². The van der Waals surface area contributed by atoms with Gasteiger partial charge >= 0.3 is 6.03 Å². The first-order chi connectivity index (χ1) is 11.6. The Labute approximate surface area is 148 Å². The molecule has 0 N–H and O–H groups in total. The third-order valence-electron chi connectivity index (χ3n) is 4.76. The number of fused-ring (bicyclic) bond motifs is 2. The van der Waals surface area contributed by atoms with E-state index in [2.05, 4.69) is 25.8 Å². The van der Waals surface area contributed by atoms with Gasteiger partial charge in [0, 0.05) is 47.9 Å². The van der Waals surface area contributed by atoms with E-state index in [9.17, 15) is 9.59 Å². The summed E-state index contributed by atoms with van der Waals surface area (Å²) in [4.78, 5) is 34.4. The molecule has 3 heterocycles. The van der Waals surface area contributed by atoms with Gasteiger partial charge in [0.25, 0.3) is 5.91 Å². The van der Waals surface area contributed by atoms with Gasteiger partial charge in [0.1, 0.15) is 6.04 Å². The number of hydrogen-bond acceptors (Lipinski definition) is 4. The van der Waals surface area contributed by atoms with E-state index in [1.165, 1.54) is 4.90 Å². The molecule has 1 aromatic heterocycles. The quantitative estimate of drug-likeness (QED) is 0.741. The summed E-state index contributed by atoms with van der Waals surface area (Å²) < 4.78 is 0.949. The van der Waals surface area contributed by atoms with E-state index in [0.717, 1.165) is 21.1 Å². The van der Waals surface area contributed by atoms with Crippen LogP contribution in [0.5, 0.6) is 0 Å². The van der Waals surface area contributed by atoms with E-state index in [1.807, 2.05) is 31.2 Å². The summed E-state index contributed by atoms with van der Waals surface area (Å²) in [5, 5.41) is 1.05. The number of nitrogens with zero attached hydrogens (tertiary/aromatic N) is 4. The van der Waals surface area contributed by atoms with E-state index in [0.29, 0.717) is 26.2 Å². The third kappa shape index (κ3) is 2.18. The van der Waals surface area contributed by atoms with Crippen molar-refractivity contribution in [3.8, 4) is 0 Å². The molecule has 0 saturated carbocycles. The SMILES string of the molecule is CCN1C(=O)C2CN(c3ccnc4c(Br)cccc34)CCN2C1=O. The lowest BCUT2D eigenvalue weighted by Crippen LogP contribution is -2.53. The number of anilines is 1. The van der Waals surface area contributed by atoms with E-state index >= 15 is 0 Å². The van der Waals surface area contributed by atoms with Crippen LogP contribution in [0, 0.1) is 0 Å². The van der Waals surface area contributed by atoms with Crippen LogP contribution in [0.2, 0.25) is 0 Å².